The van der Waals surface area contributed by atoms with Crippen LogP contribution in [0.1, 0.15) is 84.1 Å². The summed E-state index contributed by atoms with van der Waals surface area (Å²) in [7, 11) is 1.41. The monoisotopic (exact) mass is 636 g/mol. The van der Waals surface area contributed by atoms with Gasteiger partial charge < -0.3 is 48.9 Å². The number of esters is 1. The Bertz CT molecular complexity index is 1310. The van der Waals surface area contributed by atoms with Crippen molar-refractivity contribution in [1.29, 1.82) is 0 Å². The largest absolute Gasteiger partial charge is 0.462 e. The van der Waals surface area contributed by atoms with Gasteiger partial charge in [0, 0.05) is 37.9 Å². The molecule has 1 aliphatic heterocycles. The third kappa shape index (κ3) is 4.77. The number of hydrogen-bond donors (Lipinski definition) is 5. The van der Waals surface area contributed by atoms with Gasteiger partial charge in [0.2, 0.25) is 0 Å². The summed E-state index contributed by atoms with van der Waals surface area (Å²) in [6.45, 7) is 6.85. The standard InChI is InChI=1S/C33H48O12/c1-16-26(37)28(41-5)27(38)29(43-16)45-19-8-10-30(3)21(12-19)22(44-17(2)34)14-32(39)23(30)13-24(35)31(4)20(9-11-33(31,32)40)18-6-7-25(36)42-15-18/h6-7,15-16,19-24,26-29,35,37-40H,8-14H2,1-5H3/t16-,19-,20+,21+,22+,23+,24+,26-,27-,28+,29-,30-,31-,32-,33+/m0/s1. The smallest absolute Gasteiger partial charge is 0.335 e. The van der Waals surface area contributed by atoms with E-state index in [0.717, 1.165) is 0 Å². The molecule has 1 aromatic heterocycles. The highest BCUT2D eigenvalue weighted by Crippen LogP contribution is 2.72. The highest BCUT2D eigenvalue weighted by atomic mass is 16.7. The van der Waals surface area contributed by atoms with Crippen LogP contribution in [0.3, 0.4) is 0 Å². The third-order valence-corrected chi connectivity index (χ3v) is 12.8. The number of fused-ring (bicyclic) bond motifs is 5. The second kappa shape index (κ2) is 11.4. The Kier molecular flexibility index (Phi) is 8.34. The minimum absolute atomic E-state index is 0.0167. The maximum absolute atomic E-state index is 12.8. The van der Waals surface area contributed by atoms with Crippen LogP contribution in [0.2, 0.25) is 0 Å². The van der Waals surface area contributed by atoms with E-state index in [4.69, 9.17) is 23.4 Å². The number of carbonyl (C=O) groups is 1. The quantitative estimate of drug-likeness (QED) is 0.231. The molecule has 252 valence electrons. The Balaban J connectivity index is 1.31. The molecule has 6 rings (SSSR count). The maximum Gasteiger partial charge on any atom is 0.335 e. The molecule has 1 aromatic rings. The Morgan fingerprint density at radius 3 is 2.42 bits per heavy atom. The predicted molar refractivity (Wildman–Crippen MR) is 157 cm³/mol. The highest BCUT2D eigenvalue weighted by Gasteiger charge is 2.78. The van der Waals surface area contributed by atoms with Gasteiger partial charge in [-0.2, -0.15) is 0 Å². The number of aliphatic hydroxyl groups excluding tert-OH is 3. The summed E-state index contributed by atoms with van der Waals surface area (Å²) >= 11 is 0. The van der Waals surface area contributed by atoms with Gasteiger partial charge in [0.25, 0.3) is 0 Å². The van der Waals surface area contributed by atoms with Gasteiger partial charge in [-0.1, -0.05) is 13.8 Å². The summed E-state index contributed by atoms with van der Waals surface area (Å²) < 4.78 is 28.5. The lowest BCUT2D eigenvalue weighted by molar-refractivity contribution is -0.339. The van der Waals surface area contributed by atoms with Gasteiger partial charge in [0.1, 0.15) is 35.6 Å². The fourth-order valence-corrected chi connectivity index (χ4v) is 10.4. The maximum atomic E-state index is 12.8. The molecule has 45 heavy (non-hydrogen) atoms. The van der Waals surface area contributed by atoms with Crippen LogP contribution < -0.4 is 5.63 Å². The number of aliphatic hydroxyl groups is 5. The summed E-state index contributed by atoms with van der Waals surface area (Å²) in [6, 6.07) is 2.97. The summed E-state index contributed by atoms with van der Waals surface area (Å²) in [6.07, 6.45) is -3.16. The van der Waals surface area contributed by atoms with Gasteiger partial charge >= 0.3 is 11.6 Å². The van der Waals surface area contributed by atoms with Crippen LogP contribution in [0, 0.1) is 22.7 Å². The molecule has 0 unspecified atom stereocenters. The van der Waals surface area contributed by atoms with Crippen LogP contribution >= 0.6 is 0 Å². The van der Waals surface area contributed by atoms with Crippen molar-refractivity contribution in [3.05, 3.63) is 34.4 Å². The molecular weight excluding hydrogens is 588 g/mol. The van der Waals surface area contributed by atoms with E-state index < -0.39 is 88.6 Å². The second-order valence-electron chi connectivity index (χ2n) is 14.7. The molecule has 0 bridgehead atoms. The van der Waals surface area contributed by atoms with E-state index in [2.05, 4.69) is 0 Å². The van der Waals surface area contributed by atoms with Crippen molar-refractivity contribution in [2.45, 2.75) is 139 Å². The lowest BCUT2D eigenvalue weighted by Crippen LogP contribution is -2.77. The molecule has 4 aliphatic carbocycles. The second-order valence-corrected chi connectivity index (χ2v) is 14.7. The van der Waals surface area contributed by atoms with E-state index in [1.807, 2.05) is 6.92 Å². The van der Waals surface area contributed by atoms with E-state index in [-0.39, 0.29) is 31.1 Å². The fourth-order valence-electron chi connectivity index (χ4n) is 10.4. The third-order valence-electron chi connectivity index (χ3n) is 12.8. The highest BCUT2D eigenvalue weighted by molar-refractivity contribution is 5.66. The zero-order valence-corrected chi connectivity index (χ0v) is 26.6. The molecule has 5 N–H and O–H groups in total. The molecule has 0 aromatic carbocycles. The molecule has 12 heteroatoms. The van der Waals surface area contributed by atoms with E-state index in [0.29, 0.717) is 31.2 Å². The summed E-state index contributed by atoms with van der Waals surface area (Å²) in [5.41, 5.74) is -5.05. The van der Waals surface area contributed by atoms with Crippen molar-refractivity contribution < 1.29 is 53.7 Å². The van der Waals surface area contributed by atoms with Crippen LogP contribution in [-0.2, 0) is 23.7 Å². The molecule has 0 amide bonds. The van der Waals surface area contributed by atoms with E-state index >= 15 is 0 Å². The van der Waals surface area contributed by atoms with E-state index in [1.165, 1.54) is 26.4 Å². The number of ether oxygens (including phenoxy) is 4. The van der Waals surface area contributed by atoms with Gasteiger partial charge in [-0.05, 0) is 74.3 Å². The Morgan fingerprint density at radius 1 is 1.04 bits per heavy atom. The van der Waals surface area contributed by atoms with Crippen molar-refractivity contribution in [2.75, 3.05) is 7.11 Å². The number of hydrogen-bond acceptors (Lipinski definition) is 12. The number of methoxy groups -OCH3 is 1. The zero-order chi connectivity index (χ0) is 32.7. The Morgan fingerprint density at radius 2 is 1.78 bits per heavy atom. The first-order chi connectivity index (χ1) is 21.1. The lowest BCUT2D eigenvalue weighted by atomic mass is 9.40. The van der Waals surface area contributed by atoms with Crippen LogP contribution in [0.4, 0.5) is 0 Å². The first kappa shape index (κ1) is 33.0. The van der Waals surface area contributed by atoms with Gasteiger partial charge in [0.15, 0.2) is 6.29 Å². The molecular formula is C33H48O12. The van der Waals surface area contributed by atoms with Crippen LogP contribution in [-0.4, -0.2) is 98.8 Å². The molecule has 0 spiro atoms. The van der Waals surface area contributed by atoms with Crippen LogP contribution in [0.25, 0.3) is 0 Å². The van der Waals surface area contributed by atoms with Crippen LogP contribution in [0.5, 0.6) is 0 Å². The van der Waals surface area contributed by atoms with Gasteiger partial charge in [-0.3, -0.25) is 4.79 Å². The van der Waals surface area contributed by atoms with E-state index in [9.17, 15) is 35.1 Å². The normalized spacial score (nSPS) is 51.1. The molecule has 15 atom stereocenters. The molecule has 12 nitrogen and oxygen atoms in total. The topological polar surface area (TPSA) is 185 Å². The SMILES string of the molecule is CO[C@H]1[C@H](O)[C@H](O[C@H]2CC[C@@]3(C)[C@H](C2)[C@H](OC(C)=O)C[C@]2(O)[C@@H]3C[C@@H](O)[C@]3(C)[C@@H](c4ccc(=O)oc4)CC[C@@]32O)O[C@@H](C)[C@@H]1O. The van der Waals surface area contributed by atoms with Gasteiger partial charge in [-0.15, -0.1) is 0 Å². The zero-order valence-electron chi connectivity index (χ0n) is 26.6. The van der Waals surface area contributed by atoms with Crippen molar-refractivity contribution in [1.82, 2.24) is 0 Å². The summed E-state index contributed by atoms with van der Waals surface area (Å²) in [4.78, 5) is 24.1. The fraction of sp³-hybridized carbons (Fsp3) is 0.818. The van der Waals surface area contributed by atoms with Crippen LogP contribution in [0.15, 0.2) is 27.6 Å². The number of carbonyl (C=O) groups excluding carboxylic acids is 1. The Hall–Kier alpha value is -1.90. The van der Waals surface area contributed by atoms with Crippen molar-refractivity contribution in [2.24, 2.45) is 22.7 Å². The summed E-state index contributed by atoms with van der Waals surface area (Å²) in [5.74, 6) is -1.69. The molecule has 1 saturated heterocycles. The van der Waals surface area contributed by atoms with Gasteiger partial charge in [-0.25, -0.2) is 4.79 Å². The molecule has 0 radical (unpaired) electrons. The first-order valence-electron chi connectivity index (χ1n) is 16.2. The molecule has 5 fully saturated rings. The molecule has 4 saturated carbocycles. The van der Waals surface area contributed by atoms with Gasteiger partial charge in [0.05, 0.1) is 24.6 Å². The average Bonchev–Trinajstić information content (AvgIpc) is 3.27. The summed E-state index contributed by atoms with van der Waals surface area (Å²) in [5, 5.41) is 58.7. The Labute approximate surface area is 262 Å². The lowest BCUT2D eigenvalue weighted by Gasteiger charge is -2.69. The average molecular weight is 637 g/mol. The van der Waals surface area contributed by atoms with Crippen molar-refractivity contribution in [3.8, 4) is 0 Å². The van der Waals surface area contributed by atoms with Crippen molar-refractivity contribution >= 4 is 5.97 Å². The first-order valence-corrected chi connectivity index (χ1v) is 16.2. The minimum atomic E-state index is -1.73. The number of rotatable bonds is 5. The minimum Gasteiger partial charge on any atom is -0.462 e. The predicted octanol–water partition coefficient (Wildman–Crippen LogP) is 1.38. The molecule has 2 heterocycles. The molecule has 5 aliphatic rings. The van der Waals surface area contributed by atoms with Crippen molar-refractivity contribution in [3.63, 3.8) is 0 Å². The van der Waals surface area contributed by atoms with E-state index in [1.54, 1.807) is 19.9 Å².